The van der Waals surface area contributed by atoms with Crippen LogP contribution in [0, 0.1) is 6.92 Å². The summed E-state index contributed by atoms with van der Waals surface area (Å²) in [7, 11) is -3.51. The summed E-state index contributed by atoms with van der Waals surface area (Å²) in [6.45, 7) is 4.08. The highest BCUT2D eigenvalue weighted by Crippen LogP contribution is 2.26. The van der Waals surface area contributed by atoms with Crippen molar-refractivity contribution in [2.75, 3.05) is 0 Å². The van der Waals surface area contributed by atoms with Gasteiger partial charge in [0.2, 0.25) is 10.0 Å². The van der Waals surface area contributed by atoms with Crippen LogP contribution in [-0.2, 0) is 16.6 Å². The van der Waals surface area contributed by atoms with E-state index in [-0.39, 0.29) is 12.6 Å². The van der Waals surface area contributed by atoms with Gasteiger partial charge < -0.3 is 5.73 Å². The van der Waals surface area contributed by atoms with Gasteiger partial charge in [-0.15, -0.1) is 22.7 Å². The van der Waals surface area contributed by atoms with Crippen LogP contribution in [0.2, 0.25) is 0 Å². The van der Waals surface area contributed by atoms with Gasteiger partial charge in [0, 0.05) is 21.2 Å². The Morgan fingerprint density at radius 2 is 2.11 bits per heavy atom. The highest BCUT2D eigenvalue weighted by Gasteiger charge is 2.22. The van der Waals surface area contributed by atoms with E-state index >= 15 is 0 Å². The van der Waals surface area contributed by atoms with Crippen molar-refractivity contribution < 1.29 is 8.42 Å². The fourth-order valence-corrected chi connectivity index (χ4v) is 5.27. The molecule has 0 aliphatic carbocycles. The van der Waals surface area contributed by atoms with Gasteiger partial charge in [-0.25, -0.2) is 13.1 Å². The smallest absolute Gasteiger partial charge is 0.242 e. The Labute approximate surface area is 121 Å². The lowest BCUT2D eigenvalue weighted by Gasteiger charge is -2.12. The van der Waals surface area contributed by atoms with Gasteiger partial charge in [0.25, 0.3) is 0 Å². The number of sulfonamides is 1. The molecule has 2 heterocycles. The average molecular weight is 316 g/mol. The maximum atomic E-state index is 12.3. The van der Waals surface area contributed by atoms with Crippen molar-refractivity contribution in [3.8, 4) is 0 Å². The second-order valence-corrected chi connectivity index (χ2v) is 8.21. The van der Waals surface area contributed by atoms with E-state index in [1.54, 1.807) is 22.8 Å². The second kappa shape index (κ2) is 5.72. The highest BCUT2D eigenvalue weighted by atomic mass is 32.2. The number of hydrogen-bond donors (Lipinski definition) is 2. The summed E-state index contributed by atoms with van der Waals surface area (Å²) >= 11 is 2.96. The predicted molar refractivity (Wildman–Crippen MR) is 80.0 cm³/mol. The summed E-state index contributed by atoms with van der Waals surface area (Å²) in [4.78, 5) is 3.15. The normalized spacial score (nSPS) is 13.6. The largest absolute Gasteiger partial charge is 0.326 e. The van der Waals surface area contributed by atoms with E-state index in [1.807, 2.05) is 26.0 Å². The van der Waals surface area contributed by atoms with Crippen LogP contribution >= 0.6 is 22.7 Å². The third-order valence-electron chi connectivity index (χ3n) is 2.70. The number of nitrogens with two attached hydrogens (primary N) is 1. The van der Waals surface area contributed by atoms with E-state index in [4.69, 9.17) is 5.73 Å². The van der Waals surface area contributed by atoms with Crippen LogP contribution in [0.1, 0.15) is 27.6 Å². The lowest BCUT2D eigenvalue weighted by Crippen LogP contribution is -2.27. The maximum Gasteiger partial charge on any atom is 0.242 e. The lowest BCUT2D eigenvalue weighted by molar-refractivity contribution is 0.568. The SMILES string of the molecule is Cc1ccc(C(C)NS(=O)(=O)c2ccsc2CN)s1. The molecule has 2 rings (SSSR count). The minimum Gasteiger partial charge on any atom is -0.326 e. The van der Waals surface area contributed by atoms with Crippen LogP contribution in [0.4, 0.5) is 0 Å². The molecule has 2 aromatic heterocycles. The monoisotopic (exact) mass is 316 g/mol. The molecule has 2 aromatic rings. The zero-order valence-electron chi connectivity index (χ0n) is 10.7. The molecule has 0 saturated heterocycles. The lowest BCUT2D eigenvalue weighted by atomic mass is 10.3. The van der Waals surface area contributed by atoms with Crippen LogP contribution in [0.3, 0.4) is 0 Å². The van der Waals surface area contributed by atoms with Gasteiger partial charge in [0.1, 0.15) is 0 Å². The van der Waals surface area contributed by atoms with Crippen molar-refractivity contribution in [1.29, 1.82) is 0 Å². The minimum absolute atomic E-state index is 0.237. The van der Waals surface area contributed by atoms with Crippen molar-refractivity contribution in [2.45, 2.75) is 31.3 Å². The molecule has 3 N–H and O–H groups in total. The first-order valence-electron chi connectivity index (χ1n) is 5.79. The van der Waals surface area contributed by atoms with E-state index in [9.17, 15) is 8.42 Å². The molecular formula is C12H16N2O2S3. The van der Waals surface area contributed by atoms with Crippen molar-refractivity contribution in [3.05, 3.63) is 38.2 Å². The molecule has 0 aliphatic heterocycles. The molecule has 4 nitrogen and oxygen atoms in total. The van der Waals surface area contributed by atoms with Crippen LogP contribution in [0.25, 0.3) is 0 Å². The molecule has 104 valence electrons. The molecule has 0 amide bonds. The molecular weight excluding hydrogens is 300 g/mol. The number of hydrogen-bond acceptors (Lipinski definition) is 5. The fraction of sp³-hybridized carbons (Fsp3) is 0.333. The number of thiophene rings is 2. The Hall–Kier alpha value is -0.730. The fourth-order valence-electron chi connectivity index (χ4n) is 1.76. The van der Waals surface area contributed by atoms with E-state index in [1.165, 1.54) is 16.2 Å². The molecule has 0 fully saturated rings. The second-order valence-electron chi connectivity index (χ2n) is 4.20. The Morgan fingerprint density at radius 1 is 1.37 bits per heavy atom. The molecule has 0 saturated carbocycles. The summed E-state index contributed by atoms with van der Waals surface area (Å²) < 4.78 is 27.3. The first kappa shape index (κ1) is 14.7. The third-order valence-corrected chi connectivity index (χ3v) is 6.58. The first-order valence-corrected chi connectivity index (χ1v) is 8.97. The van der Waals surface area contributed by atoms with Crippen molar-refractivity contribution in [1.82, 2.24) is 4.72 Å². The molecule has 0 spiro atoms. The van der Waals surface area contributed by atoms with Crippen molar-refractivity contribution >= 4 is 32.7 Å². The molecule has 19 heavy (non-hydrogen) atoms. The number of aryl methyl sites for hydroxylation is 1. The molecule has 0 aromatic carbocycles. The zero-order valence-corrected chi connectivity index (χ0v) is 13.2. The Morgan fingerprint density at radius 3 is 2.68 bits per heavy atom. The van der Waals surface area contributed by atoms with Crippen LogP contribution in [0.5, 0.6) is 0 Å². The summed E-state index contributed by atoms with van der Waals surface area (Å²) in [6.07, 6.45) is 0. The van der Waals surface area contributed by atoms with Gasteiger partial charge >= 0.3 is 0 Å². The Kier molecular flexibility index (Phi) is 4.42. The standard InChI is InChI=1S/C12H16N2O2S3/c1-8-3-4-10(18-8)9(2)14-19(15,16)12-5-6-17-11(12)7-13/h3-6,9,14H,7,13H2,1-2H3. The van der Waals surface area contributed by atoms with Crippen molar-refractivity contribution in [2.24, 2.45) is 5.73 Å². The molecule has 1 atom stereocenters. The molecule has 0 radical (unpaired) electrons. The van der Waals surface area contributed by atoms with Gasteiger partial charge in [-0.1, -0.05) is 0 Å². The van der Waals surface area contributed by atoms with E-state index in [2.05, 4.69) is 4.72 Å². The van der Waals surface area contributed by atoms with E-state index < -0.39 is 10.0 Å². The predicted octanol–water partition coefficient (Wildman–Crippen LogP) is 2.62. The first-order chi connectivity index (χ1) is 8.94. The maximum absolute atomic E-state index is 12.3. The summed E-state index contributed by atoms with van der Waals surface area (Å²) in [5.41, 5.74) is 5.56. The zero-order chi connectivity index (χ0) is 14.0. The van der Waals surface area contributed by atoms with Crippen LogP contribution < -0.4 is 10.5 Å². The molecule has 0 aliphatic rings. The molecule has 7 heteroatoms. The third kappa shape index (κ3) is 3.24. The van der Waals surface area contributed by atoms with Crippen LogP contribution in [0.15, 0.2) is 28.5 Å². The van der Waals surface area contributed by atoms with Gasteiger partial charge in [0.05, 0.1) is 10.9 Å². The minimum atomic E-state index is -3.51. The Bertz CT molecular complexity index is 658. The Balaban J connectivity index is 2.22. The van der Waals surface area contributed by atoms with Gasteiger partial charge in [0.15, 0.2) is 0 Å². The quantitative estimate of drug-likeness (QED) is 0.890. The van der Waals surface area contributed by atoms with Gasteiger partial charge in [-0.05, 0) is 37.4 Å². The van der Waals surface area contributed by atoms with Gasteiger partial charge in [-0.2, -0.15) is 0 Å². The number of nitrogens with one attached hydrogen (secondary N) is 1. The summed E-state index contributed by atoms with van der Waals surface area (Å²) in [6, 6.07) is 5.29. The summed E-state index contributed by atoms with van der Waals surface area (Å²) in [5.74, 6) is 0. The molecule has 1 unspecified atom stereocenters. The van der Waals surface area contributed by atoms with E-state index in [0.29, 0.717) is 9.77 Å². The van der Waals surface area contributed by atoms with Gasteiger partial charge in [-0.3, -0.25) is 0 Å². The van der Waals surface area contributed by atoms with Crippen LogP contribution in [-0.4, -0.2) is 8.42 Å². The summed E-state index contributed by atoms with van der Waals surface area (Å²) in [5, 5.41) is 1.75. The molecule has 0 bridgehead atoms. The number of rotatable bonds is 5. The topological polar surface area (TPSA) is 72.2 Å². The average Bonchev–Trinajstić information content (AvgIpc) is 2.96. The van der Waals surface area contributed by atoms with E-state index in [0.717, 1.165) is 4.88 Å². The highest BCUT2D eigenvalue weighted by molar-refractivity contribution is 7.89. The van der Waals surface area contributed by atoms with Crippen molar-refractivity contribution in [3.63, 3.8) is 0 Å².